The van der Waals surface area contributed by atoms with Crippen LogP contribution in [0.2, 0.25) is 0 Å². The second-order valence-corrected chi connectivity index (χ2v) is 23.5. The Labute approximate surface area is 392 Å². The van der Waals surface area contributed by atoms with Crippen molar-refractivity contribution in [1.29, 1.82) is 0 Å². The highest BCUT2D eigenvalue weighted by Crippen LogP contribution is 2.76. The Morgan fingerprint density at radius 3 is 2.00 bits per heavy atom. The molecule has 3 saturated heterocycles. The van der Waals surface area contributed by atoms with Gasteiger partial charge in [-0.05, 0) is 98.2 Å². The summed E-state index contributed by atoms with van der Waals surface area (Å²) in [5.74, 6) is -1.07. The van der Waals surface area contributed by atoms with E-state index in [0.717, 1.165) is 5.57 Å². The Bertz CT molecular complexity index is 1830. The van der Waals surface area contributed by atoms with Crippen molar-refractivity contribution in [3.05, 3.63) is 11.6 Å². The second-order valence-electron chi connectivity index (χ2n) is 23.5. The van der Waals surface area contributed by atoms with Crippen LogP contribution in [0.3, 0.4) is 0 Å². The Balaban J connectivity index is 0.985. The minimum absolute atomic E-state index is 0.127. The molecule has 19 nitrogen and oxygen atoms in total. The first kappa shape index (κ1) is 51.9. The van der Waals surface area contributed by atoms with Crippen LogP contribution in [-0.4, -0.2) is 191 Å². The normalized spacial score (nSPS) is 55.2. The van der Waals surface area contributed by atoms with E-state index < -0.39 is 145 Å². The van der Waals surface area contributed by atoms with E-state index in [1.165, 1.54) is 6.92 Å². The van der Waals surface area contributed by atoms with E-state index in [1.807, 2.05) is 6.92 Å². The summed E-state index contributed by atoms with van der Waals surface area (Å²) >= 11 is 0. The molecule has 384 valence electrons. The molecule has 0 radical (unpaired) electrons. The molecule has 12 N–H and O–H groups in total. The molecule has 0 aromatic heterocycles. The Hall–Kier alpha value is -1.47. The molecule has 19 heteroatoms. The van der Waals surface area contributed by atoms with E-state index in [0.29, 0.717) is 57.8 Å². The fourth-order valence-corrected chi connectivity index (χ4v) is 15.0. The number of allylic oxidation sites excluding steroid dienone is 2. The molecular formula is C48H78O19. The molecule has 3 aliphatic heterocycles. The summed E-state index contributed by atoms with van der Waals surface area (Å²) < 4.78 is 34.7. The van der Waals surface area contributed by atoms with Gasteiger partial charge < -0.3 is 89.7 Å². The predicted molar refractivity (Wildman–Crippen MR) is 232 cm³/mol. The van der Waals surface area contributed by atoms with E-state index in [2.05, 4.69) is 40.7 Å². The topological polar surface area (TPSA) is 315 Å². The van der Waals surface area contributed by atoms with E-state index in [-0.39, 0.29) is 35.2 Å². The molecule has 8 rings (SSSR count). The molecule has 3 heterocycles. The lowest BCUT2D eigenvalue weighted by Crippen LogP contribution is -2.69. The summed E-state index contributed by atoms with van der Waals surface area (Å²) in [5.41, 5.74) is -2.09. The standard InChI is InChI=1S/C48H78O19/c1-21-29(53)31(55)34(58)40(63-21)66-37-25(18-49)64-39(36(60)33(37)57)62-19-26-30(54)32(56)35(59)41(65-26)67-42(61)48-14-12-43(2,3)16-23(48)22-8-9-27-44(4)11-10-28(52)45(5,20-50)38(44)24(51)17-47(27,7)46(22,6)13-15-48/h8,21,23-41,49-60H,9-20H2,1-7H3/t21-,23-,24+,25-,26-,27+,28-,29-,30-,31+,32+,33-,34-,35-,36-,37-,38-,39-,40+,41+,44-,45+,46-,47-,48+/m0/s1. The van der Waals surface area contributed by atoms with Crippen molar-refractivity contribution in [2.75, 3.05) is 19.8 Å². The van der Waals surface area contributed by atoms with Gasteiger partial charge in [-0.3, -0.25) is 4.79 Å². The minimum atomic E-state index is -1.87. The molecule has 8 aliphatic rings. The second kappa shape index (κ2) is 18.2. The van der Waals surface area contributed by atoms with Crippen LogP contribution in [-0.2, 0) is 33.2 Å². The van der Waals surface area contributed by atoms with Gasteiger partial charge in [0.25, 0.3) is 0 Å². The molecule has 7 fully saturated rings. The molecular weight excluding hydrogens is 881 g/mol. The van der Waals surface area contributed by atoms with Gasteiger partial charge in [-0.25, -0.2) is 0 Å². The SMILES string of the molecule is C[C@@H]1O[C@H](O[C@@H]2[C@@H](O)[C@H](O)[C@@H](OC[C@@H]3O[C@H](OC(=O)[C@@]45CCC(C)(C)C[C@H]4C4=CC[C@@H]6[C@]7(C)CC[C@H](O)[C@@](C)(CO)[C@H]7[C@H](O)C[C@]6(C)[C@@]4(C)CC5)[C@@H](O)[C@H](O)[C@H]3O)O[C@H]2CO)[C@@H](O)[C@H](O)[C@H]1O. The molecule has 4 saturated carbocycles. The largest absolute Gasteiger partial charge is 0.432 e. The van der Waals surface area contributed by atoms with Gasteiger partial charge >= 0.3 is 5.97 Å². The van der Waals surface area contributed by atoms with Gasteiger partial charge in [-0.2, -0.15) is 0 Å². The van der Waals surface area contributed by atoms with Crippen LogP contribution in [0.25, 0.3) is 0 Å². The molecule has 25 atom stereocenters. The highest BCUT2D eigenvalue weighted by Gasteiger charge is 2.72. The van der Waals surface area contributed by atoms with E-state index in [9.17, 15) is 66.1 Å². The van der Waals surface area contributed by atoms with Crippen molar-refractivity contribution in [2.24, 2.45) is 50.2 Å². The molecule has 67 heavy (non-hydrogen) atoms. The highest BCUT2D eigenvalue weighted by atomic mass is 16.8. The third kappa shape index (κ3) is 8.10. The smallest absolute Gasteiger partial charge is 0.315 e. The fourth-order valence-electron chi connectivity index (χ4n) is 15.0. The number of ether oxygens (including phenoxy) is 6. The maximum atomic E-state index is 15.0. The van der Waals surface area contributed by atoms with Crippen LogP contribution in [0.1, 0.15) is 106 Å². The van der Waals surface area contributed by atoms with Crippen LogP contribution in [0.5, 0.6) is 0 Å². The number of rotatable bonds is 9. The molecule has 5 aliphatic carbocycles. The first-order chi connectivity index (χ1) is 31.2. The summed E-state index contributed by atoms with van der Waals surface area (Å²) in [4.78, 5) is 15.0. The molecule has 0 bridgehead atoms. The lowest BCUT2D eigenvalue weighted by molar-refractivity contribution is -0.361. The number of aliphatic hydroxyl groups is 12. The number of hydrogen-bond acceptors (Lipinski definition) is 19. The summed E-state index contributed by atoms with van der Waals surface area (Å²) in [5, 5.41) is 130. The van der Waals surface area contributed by atoms with Crippen molar-refractivity contribution in [1.82, 2.24) is 0 Å². The zero-order valence-corrected chi connectivity index (χ0v) is 39.8. The summed E-state index contributed by atoms with van der Waals surface area (Å²) in [6.07, 6.45) is -18.3. The van der Waals surface area contributed by atoms with E-state index >= 15 is 0 Å². The van der Waals surface area contributed by atoms with Crippen LogP contribution >= 0.6 is 0 Å². The average Bonchev–Trinajstić information content (AvgIpc) is 3.27. The Morgan fingerprint density at radius 1 is 0.701 bits per heavy atom. The van der Waals surface area contributed by atoms with Crippen LogP contribution in [0.15, 0.2) is 11.6 Å². The first-order valence-corrected chi connectivity index (χ1v) is 24.4. The van der Waals surface area contributed by atoms with Crippen molar-refractivity contribution < 1.29 is 94.5 Å². The van der Waals surface area contributed by atoms with E-state index in [4.69, 9.17) is 28.4 Å². The summed E-state index contributed by atoms with van der Waals surface area (Å²) in [7, 11) is 0. The third-order valence-electron chi connectivity index (χ3n) is 19.3. The van der Waals surface area contributed by atoms with Crippen LogP contribution < -0.4 is 0 Å². The van der Waals surface area contributed by atoms with Crippen molar-refractivity contribution in [2.45, 2.75) is 211 Å². The van der Waals surface area contributed by atoms with Gasteiger partial charge in [-0.1, -0.05) is 53.2 Å². The average molecular weight is 959 g/mol. The summed E-state index contributed by atoms with van der Waals surface area (Å²) in [6.45, 7) is 12.8. The summed E-state index contributed by atoms with van der Waals surface area (Å²) in [6, 6.07) is 0. The third-order valence-corrected chi connectivity index (χ3v) is 19.3. The first-order valence-electron chi connectivity index (χ1n) is 24.4. The highest BCUT2D eigenvalue weighted by molar-refractivity contribution is 5.79. The van der Waals surface area contributed by atoms with Gasteiger partial charge in [0.05, 0.1) is 43.5 Å². The monoisotopic (exact) mass is 959 g/mol. The fraction of sp³-hybridized carbons (Fsp3) is 0.938. The number of hydrogen-bond donors (Lipinski definition) is 12. The molecule has 0 unspecified atom stereocenters. The number of fused-ring (bicyclic) bond motifs is 7. The molecule has 0 amide bonds. The van der Waals surface area contributed by atoms with Crippen molar-refractivity contribution in [3.8, 4) is 0 Å². The molecule has 0 aromatic carbocycles. The molecule has 0 aromatic rings. The number of esters is 1. The van der Waals surface area contributed by atoms with Crippen molar-refractivity contribution in [3.63, 3.8) is 0 Å². The van der Waals surface area contributed by atoms with Gasteiger partial charge in [0, 0.05) is 11.3 Å². The number of carbonyl (C=O) groups is 1. The van der Waals surface area contributed by atoms with Crippen molar-refractivity contribution >= 4 is 5.97 Å². The number of aliphatic hydroxyl groups excluding tert-OH is 12. The number of carbonyl (C=O) groups excluding carboxylic acids is 1. The Morgan fingerprint density at radius 2 is 1.33 bits per heavy atom. The zero-order chi connectivity index (χ0) is 49.1. The van der Waals surface area contributed by atoms with Gasteiger partial charge in [0.1, 0.15) is 67.1 Å². The molecule has 0 spiro atoms. The van der Waals surface area contributed by atoms with Crippen LogP contribution in [0.4, 0.5) is 0 Å². The van der Waals surface area contributed by atoms with Gasteiger partial charge in [-0.15, -0.1) is 0 Å². The quantitative estimate of drug-likeness (QED) is 0.0986. The van der Waals surface area contributed by atoms with E-state index in [1.54, 1.807) is 0 Å². The van der Waals surface area contributed by atoms with Gasteiger partial charge in [0.2, 0.25) is 6.29 Å². The maximum Gasteiger partial charge on any atom is 0.315 e. The Kier molecular flexibility index (Phi) is 14.1. The van der Waals surface area contributed by atoms with Gasteiger partial charge in [0.15, 0.2) is 12.6 Å². The lowest BCUT2D eigenvalue weighted by Gasteiger charge is -2.72. The lowest BCUT2D eigenvalue weighted by atomic mass is 9.33. The van der Waals surface area contributed by atoms with Crippen LogP contribution in [0, 0.1) is 50.2 Å². The minimum Gasteiger partial charge on any atom is -0.432 e. The zero-order valence-electron chi connectivity index (χ0n) is 39.8. The maximum absolute atomic E-state index is 15.0. The predicted octanol–water partition coefficient (Wildman–Crippen LogP) is -0.889.